The molecule has 0 saturated heterocycles. The summed E-state index contributed by atoms with van der Waals surface area (Å²) in [7, 11) is 0. The van der Waals surface area contributed by atoms with Crippen molar-refractivity contribution in [3.63, 3.8) is 0 Å². The summed E-state index contributed by atoms with van der Waals surface area (Å²) in [6.07, 6.45) is 3.22. The fourth-order valence-corrected chi connectivity index (χ4v) is 4.47. The zero-order chi connectivity index (χ0) is 19.0. The van der Waals surface area contributed by atoms with Crippen molar-refractivity contribution < 1.29 is 0 Å². The largest absolute Gasteiger partial charge is 0.384 e. The van der Waals surface area contributed by atoms with Crippen LogP contribution in [-0.4, -0.2) is 20.4 Å². The Bertz CT molecular complexity index is 1180. The molecule has 3 aromatic heterocycles. The zero-order valence-electron chi connectivity index (χ0n) is 13.6. The van der Waals surface area contributed by atoms with Crippen LogP contribution in [0.5, 0.6) is 0 Å². The van der Waals surface area contributed by atoms with Gasteiger partial charge in [0.1, 0.15) is 5.82 Å². The van der Waals surface area contributed by atoms with Gasteiger partial charge in [-0.1, -0.05) is 34.5 Å². The maximum atomic E-state index is 7.80. The van der Waals surface area contributed by atoms with E-state index >= 15 is 0 Å². The zero-order valence-corrected chi connectivity index (χ0v) is 15.9. The van der Waals surface area contributed by atoms with Gasteiger partial charge in [0, 0.05) is 26.7 Å². The molecule has 3 N–H and O–H groups in total. The minimum absolute atomic E-state index is 0.382. The molecule has 0 spiro atoms. The smallest absolute Gasteiger partial charge is 0.213 e. The molecule has 132 valence electrons. The van der Waals surface area contributed by atoms with Gasteiger partial charge in [0.25, 0.3) is 0 Å². The second-order valence-electron chi connectivity index (χ2n) is 5.56. The summed E-state index contributed by atoms with van der Waals surface area (Å²) in [6.45, 7) is 7.80. The average molecular weight is 413 g/mol. The second kappa shape index (κ2) is 7.00. The molecule has 0 aliphatic carbocycles. The quantitative estimate of drug-likeness (QED) is 0.422. The van der Waals surface area contributed by atoms with Crippen LogP contribution in [0.2, 0.25) is 10.0 Å². The first-order valence-corrected chi connectivity index (χ1v) is 9.23. The topological polar surface area (TPSA) is 84.8 Å². The average Bonchev–Trinajstić information content (AvgIpc) is 3.29. The molecule has 0 bridgehead atoms. The van der Waals surface area contributed by atoms with E-state index in [2.05, 4.69) is 25.2 Å². The van der Waals surface area contributed by atoms with Crippen molar-refractivity contribution in [2.75, 3.05) is 5.73 Å². The molecule has 27 heavy (non-hydrogen) atoms. The highest BCUT2D eigenvalue weighted by Gasteiger charge is 2.24. The van der Waals surface area contributed by atoms with E-state index in [0.29, 0.717) is 38.4 Å². The van der Waals surface area contributed by atoms with Gasteiger partial charge in [0.05, 0.1) is 23.3 Å². The highest BCUT2D eigenvalue weighted by molar-refractivity contribution is 7.20. The van der Waals surface area contributed by atoms with E-state index in [-0.39, 0.29) is 0 Å². The highest BCUT2D eigenvalue weighted by atomic mass is 35.5. The number of benzene rings is 1. The number of halogens is 2. The summed E-state index contributed by atoms with van der Waals surface area (Å²) in [4.78, 5) is 9.40. The van der Waals surface area contributed by atoms with Crippen molar-refractivity contribution in [3.05, 3.63) is 64.2 Å². The lowest BCUT2D eigenvalue weighted by molar-refractivity contribution is 0.943. The number of nitrogens with one attached hydrogen (secondary N) is 1. The van der Waals surface area contributed by atoms with Gasteiger partial charge < -0.3 is 5.73 Å². The summed E-state index contributed by atoms with van der Waals surface area (Å²) in [5, 5.41) is 11.5. The number of nitrogen functional groups attached to an aromatic ring is 1. The summed E-state index contributed by atoms with van der Waals surface area (Å²) in [5.74, 6) is 0.382. The molecule has 4 rings (SSSR count). The van der Waals surface area contributed by atoms with Gasteiger partial charge in [-0.3, -0.25) is 5.10 Å². The number of aromatic amines is 1. The molecule has 0 atom stereocenters. The number of nitrogens with zero attached hydrogens (tertiary/aromatic N) is 4. The Balaban J connectivity index is 2.06. The molecule has 4 aromatic rings. The lowest BCUT2D eigenvalue weighted by atomic mass is 10.0. The molecule has 3 heterocycles. The first kappa shape index (κ1) is 17.5. The molecule has 6 nitrogen and oxygen atoms in total. The first-order valence-electron chi connectivity index (χ1n) is 7.66. The molecule has 0 fully saturated rings. The third-order valence-corrected chi connectivity index (χ3v) is 5.71. The van der Waals surface area contributed by atoms with E-state index in [1.807, 2.05) is 6.07 Å². The Labute approximate surface area is 168 Å². The van der Waals surface area contributed by atoms with Gasteiger partial charge >= 0.3 is 0 Å². The lowest BCUT2D eigenvalue weighted by Gasteiger charge is -2.07. The third kappa shape index (κ3) is 3.15. The van der Waals surface area contributed by atoms with Crippen LogP contribution in [0.1, 0.15) is 0 Å². The number of H-pyrrole nitrogens is 1. The minimum atomic E-state index is 0.382. The molecule has 0 saturated carbocycles. The van der Waals surface area contributed by atoms with Crippen LogP contribution >= 0.6 is 34.5 Å². The number of aromatic nitrogens is 4. The Hall–Kier alpha value is -2.92. The lowest BCUT2D eigenvalue weighted by Crippen LogP contribution is -1.88. The second-order valence-corrected chi connectivity index (χ2v) is 7.42. The first-order chi connectivity index (χ1) is 13.1. The summed E-state index contributed by atoms with van der Waals surface area (Å²) >= 11 is 13.9. The molecule has 0 radical (unpaired) electrons. The van der Waals surface area contributed by atoms with Crippen molar-refractivity contribution in [3.8, 4) is 32.1 Å². The SMILES string of the molecule is [C-]#[N+]c1c(-c2ccnc(N)c2)sc(-c2cnn[nH]2)c1-c1ccc(Cl)cc1Cl. The summed E-state index contributed by atoms with van der Waals surface area (Å²) in [6, 6.07) is 8.76. The molecular weight excluding hydrogens is 403 g/mol. The van der Waals surface area contributed by atoms with Crippen LogP contribution < -0.4 is 5.73 Å². The Kier molecular flexibility index (Phi) is 4.54. The van der Waals surface area contributed by atoms with E-state index in [9.17, 15) is 0 Å². The van der Waals surface area contributed by atoms with Crippen molar-refractivity contribution in [1.29, 1.82) is 0 Å². The van der Waals surface area contributed by atoms with E-state index in [0.717, 1.165) is 15.3 Å². The molecule has 0 aliphatic rings. The number of rotatable bonds is 3. The third-order valence-electron chi connectivity index (χ3n) is 3.90. The number of thiophene rings is 1. The van der Waals surface area contributed by atoms with Gasteiger partial charge in [0.2, 0.25) is 5.69 Å². The standard InChI is InChI=1S/C18H10Cl2N6S/c1-22-16-15(11-3-2-10(19)7-12(11)20)18(13-8-24-26-25-13)27-17(16)9-4-5-23-14(21)6-9/h2-8H,(H2,21,23)(H,24,25,26). The Morgan fingerprint density at radius 2 is 2.00 bits per heavy atom. The van der Waals surface area contributed by atoms with Crippen molar-refractivity contribution in [2.45, 2.75) is 0 Å². The number of anilines is 1. The monoisotopic (exact) mass is 412 g/mol. The van der Waals surface area contributed by atoms with Gasteiger partial charge in [-0.05, 0) is 35.4 Å². The molecular formula is C18H10Cl2N6S. The number of nitrogens with two attached hydrogens (primary N) is 1. The molecule has 1 aromatic carbocycles. The predicted molar refractivity (Wildman–Crippen MR) is 109 cm³/mol. The van der Waals surface area contributed by atoms with Crippen LogP contribution in [0.3, 0.4) is 0 Å². The number of pyridine rings is 1. The molecule has 0 unspecified atom stereocenters. The van der Waals surface area contributed by atoms with Crippen molar-refractivity contribution in [1.82, 2.24) is 20.4 Å². The van der Waals surface area contributed by atoms with E-state index in [4.69, 9.17) is 35.5 Å². The van der Waals surface area contributed by atoms with Crippen LogP contribution in [0.25, 0.3) is 37.0 Å². The van der Waals surface area contributed by atoms with Crippen LogP contribution in [0, 0.1) is 6.57 Å². The highest BCUT2D eigenvalue weighted by Crippen LogP contribution is 2.53. The van der Waals surface area contributed by atoms with E-state index in [1.54, 1.807) is 36.7 Å². The maximum absolute atomic E-state index is 7.80. The van der Waals surface area contributed by atoms with E-state index in [1.165, 1.54) is 11.3 Å². The van der Waals surface area contributed by atoms with Gasteiger partial charge in [-0.15, -0.1) is 16.4 Å². The number of hydrogen-bond acceptors (Lipinski definition) is 5. The van der Waals surface area contributed by atoms with Crippen molar-refractivity contribution in [2.24, 2.45) is 0 Å². The predicted octanol–water partition coefficient (Wildman–Crippen LogP) is 5.70. The minimum Gasteiger partial charge on any atom is -0.384 e. The normalized spacial score (nSPS) is 10.7. The van der Waals surface area contributed by atoms with Crippen LogP contribution in [0.4, 0.5) is 11.5 Å². The van der Waals surface area contributed by atoms with Gasteiger partial charge in [-0.2, -0.15) is 0 Å². The fourth-order valence-electron chi connectivity index (χ4n) is 2.75. The van der Waals surface area contributed by atoms with E-state index < -0.39 is 0 Å². The van der Waals surface area contributed by atoms with Crippen LogP contribution in [0.15, 0.2) is 42.7 Å². The van der Waals surface area contributed by atoms with Gasteiger partial charge in [-0.25, -0.2) is 9.83 Å². The molecule has 0 amide bonds. The van der Waals surface area contributed by atoms with Crippen molar-refractivity contribution >= 4 is 46.0 Å². The van der Waals surface area contributed by atoms with Gasteiger partial charge in [0.15, 0.2) is 0 Å². The molecule has 0 aliphatic heterocycles. The Morgan fingerprint density at radius 1 is 1.15 bits per heavy atom. The maximum Gasteiger partial charge on any atom is 0.213 e. The van der Waals surface area contributed by atoms with Crippen LogP contribution in [-0.2, 0) is 0 Å². The Morgan fingerprint density at radius 3 is 2.67 bits per heavy atom. The summed E-state index contributed by atoms with van der Waals surface area (Å²) in [5.41, 5.74) is 9.22. The summed E-state index contributed by atoms with van der Waals surface area (Å²) < 4.78 is 0. The molecule has 9 heteroatoms. The fraction of sp³-hybridized carbons (Fsp3) is 0. The number of hydrogen-bond donors (Lipinski definition) is 2.